The molecule has 38 heavy (non-hydrogen) atoms. The highest BCUT2D eigenvalue weighted by Gasteiger charge is 2.40. The molecule has 0 saturated carbocycles. The van der Waals surface area contributed by atoms with Crippen molar-refractivity contribution in [3.8, 4) is 0 Å². The van der Waals surface area contributed by atoms with Crippen LogP contribution >= 0.6 is 0 Å². The molecule has 0 fully saturated rings. The van der Waals surface area contributed by atoms with Gasteiger partial charge < -0.3 is 9.84 Å². The molecule has 11 heteroatoms. The Balaban J connectivity index is 1.67. The van der Waals surface area contributed by atoms with Gasteiger partial charge in [0.15, 0.2) is 0 Å². The van der Waals surface area contributed by atoms with Gasteiger partial charge in [0.25, 0.3) is 0 Å². The van der Waals surface area contributed by atoms with Crippen LogP contribution in [0.15, 0.2) is 47.6 Å². The zero-order valence-corrected chi connectivity index (χ0v) is 23.3. The summed E-state index contributed by atoms with van der Waals surface area (Å²) >= 11 is 0. The second-order valence-corrected chi connectivity index (χ2v) is 12.4. The van der Waals surface area contributed by atoms with Gasteiger partial charge in [0.05, 0.1) is 30.0 Å². The van der Waals surface area contributed by atoms with Crippen LogP contribution in [0.2, 0.25) is 0 Å². The van der Waals surface area contributed by atoms with Gasteiger partial charge >= 0.3 is 5.97 Å². The molecule has 0 amide bonds. The summed E-state index contributed by atoms with van der Waals surface area (Å²) in [4.78, 5) is 16.8. The number of benzene rings is 1. The lowest BCUT2D eigenvalue weighted by Crippen LogP contribution is -2.34. The van der Waals surface area contributed by atoms with Gasteiger partial charge in [0.1, 0.15) is 10.6 Å². The van der Waals surface area contributed by atoms with E-state index in [1.165, 1.54) is 4.31 Å². The largest absolute Gasteiger partial charge is 0.481 e. The number of hydrogen-bond donors (Lipinski definition) is 1. The Morgan fingerprint density at radius 2 is 2.05 bits per heavy atom. The van der Waals surface area contributed by atoms with Gasteiger partial charge in [-0.05, 0) is 68.9 Å². The van der Waals surface area contributed by atoms with Crippen LogP contribution in [0.5, 0.6) is 0 Å². The maximum atomic E-state index is 13.6. The van der Waals surface area contributed by atoms with Crippen LogP contribution in [-0.4, -0.2) is 50.3 Å². The minimum atomic E-state index is -3.76. The van der Waals surface area contributed by atoms with E-state index in [0.29, 0.717) is 36.5 Å². The normalized spacial score (nSPS) is 18.5. The number of sulfonamides is 1. The third-order valence-corrected chi connectivity index (χ3v) is 8.95. The fourth-order valence-corrected chi connectivity index (χ4v) is 6.44. The molecule has 3 heterocycles. The number of aryl methyl sites for hydroxylation is 2. The average molecular weight is 542 g/mol. The number of aromatic nitrogens is 4. The van der Waals surface area contributed by atoms with E-state index in [2.05, 4.69) is 15.3 Å². The highest BCUT2D eigenvalue weighted by Crippen LogP contribution is 2.39. The molecule has 1 aliphatic rings. The Morgan fingerprint density at radius 3 is 2.74 bits per heavy atom. The van der Waals surface area contributed by atoms with Crippen LogP contribution in [0.4, 0.5) is 0 Å². The molecule has 2 aromatic heterocycles. The van der Waals surface area contributed by atoms with Gasteiger partial charge in [0.2, 0.25) is 10.0 Å². The van der Waals surface area contributed by atoms with Crippen LogP contribution in [0.1, 0.15) is 61.9 Å². The standard InChI is InChI=1S/C27H35N5O5S/c1-6-31-16-22(29-30-31)17-37-25(27(4,5)26(33)34)20-10-9-19(3)21(13-20)15-32-14-18(2)12-23-24(38(32,35)36)8-7-11-28-23/h7-11,13,16,18,25H,6,12,14-15,17H2,1-5H3,(H,33,34)/t18-,25?/m1/s1. The molecule has 10 nitrogen and oxygen atoms in total. The molecule has 1 unspecified atom stereocenters. The van der Waals surface area contributed by atoms with Crippen molar-refractivity contribution in [2.45, 2.75) is 71.7 Å². The van der Waals surface area contributed by atoms with Crippen LogP contribution in [-0.2, 0) is 45.7 Å². The predicted octanol–water partition coefficient (Wildman–Crippen LogP) is 3.75. The summed E-state index contributed by atoms with van der Waals surface area (Å²) in [6.07, 6.45) is 3.16. The van der Waals surface area contributed by atoms with Crippen molar-refractivity contribution in [2.24, 2.45) is 11.3 Å². The Hall–Kier alpha value is -3.15. The molecule has 204 valence electrons. The molecular weight excluding hydrogens is 506 g/mol. The summed E-state index contributed by atoms with van der Waals surface area (Å²) in [5.41, 5.74) is 2.28. The number of aliphatic carboxylic acids is 1. The van der Waals surface area contributed by atoms with Gasteiger partial charge in [-0.3, -0.25) is 14.5 Å². The van der Waals surface area contributed by atoms with E-state index in [1.807, 2.05) is 39.0 Å². The van der Waals surface area contributed by atoms with Crippen LogP contribution in [0.3, 0.4) is 0 Å². The van der Waals surface area contributed by atoms with Crippen LogP contribution in [0, 0.1) is 18.3 Å². The van der Waals surface area contributed by atoms with Crippen molar-refractivity contribution in [3.05, 3.63) is 70.8 Å². The topological polar surface area (TPSA) is 128 Å². The minimum absolute atomic E-state index is 0.0861. The highest BCUT2D eigenvalue weighted by molar-refractivity contribution is 7.89. The smallest absolute Gasteiger partial charge is 0.312 e. The van der Waals surface area contributed by atoms with E-state index in [4.69, 9.17) is 4.74 Å². The molecule has 1 aliphatic heterocycles. The lowest BCUT2D eigenvalue weighted by Gasteiger charge is -2.31. The number of ether oxygens (including phenoxy) is 1. The quantitative estimate of drug-likeness (QED) is 0.434. The summed E-state index contributed by atoms with van der Waals surface area (Å²) in [6, 6.07) is 8.85. The van der Waals surface area contributed by atoms with E-state index in [0.717, 1.165) is 11.1 Å². The first-order valence-electron chi connectivity index (χ1n) is 12.7. The summed E-state index contributed by atoms with van der Waals surface area (Å²) in [5, 5.41) is 18.1. The van der Waals surface area contributed by atoms with E-state index in [1.54, 1.807) is 43.1 Å². The molecular formula is C27H35N5O5S. The number of pyridine rings is 1. The Labute approximate surface area is 223 Å². The van der Waals surface area contributed by atoms with E-state index in [9.17, 15) is 18.3 Å². The molecule has 0 spiro atoms. The SMILES string of the molecule is CCn1cc(COC(c2ccc(C)c(CN3C[C@H](C)Cc4ncccc4S3(=O)=O)c2)C(C)(C)C(=O)O)nn1. The molecule has 2 atom stereocenters. The Morgan fingerprint density at radius 1 is 1.29 bits per heavy atom. The molecule has 0 aliphatic carbocycles. The summed E-state index contributed by atoms with van der Waals surface area (Å²) in [7, 11) is -3.76. The Bertz CT molecular complexity index is 1420. The van der Waals surface area contributed by atoms with Gasteiger partial charge in [-0.1, -0.05) is 30.3 Å². The number of carboxylic acids is 1. The van der Waals surface area contributed by atoms with Crippen molar-refractivity contribution in [1.29, 1.82) is 0 Å². The zero-order valence-electron chi connectivity index (χ0n) is 22.5. The fourth-order valence-electron chi connectivity index (χ4n) is 4.72. The van der Waals surface area contributed by atoms with Gasteiger partial charge in [-0.2, -0.15) is 4.31 Å². The maximum absolute atomic E-state index is 13.6. The van der Waals surface area contributed by atoms with Gasteiger partial charge in [0, 0.05) is 25.8 Å². The monoisotopic (exact) mass is 541 g/mol. The van der Waals surface area contributed by atoms with E-state index in [-0.39, 0.29) is 24.0 Å². The van der Waals surface area contributed by atoms with Crippen molar-refractivity contribution in [3.63, 3.8) is 0 Å². The first kappa shape index (κ1) is 27.9. The third-order valence-electron chi connectivity index (χ3n) is 7.06. The zero-order chi connectivity index (χ0) is 27.7. The molecule has 1 aromatic carbocycles. The molecule has 4 rings (SSSR count). The summed E-state index contributed by atoms with van der Waals surface area (Å²) in [5.74, 6) is -0.919. The van der Waals surface area contributed by atoms with Crippen molar-refractivity contribution >= 4 is 16.0 Å². The summed E-state index contributed by atoms with van der Waals surface area (Å²) in [6.45, 7) is 10.4. The second-order valence-electron chi connectivity index (χ2n) is 10.5. The molecule has 0 bridgehead atoms. The number of hydrogen-bond acceptors (Lipinski definition) is 7. The van der Waals surface area contributed by atoms with Gasteiger partial charge in [-0.15, -0.1) is 5.10 Å². The van der Waals surface area contributed by atoms with Crippen LogP contribution in [0.25, 0.3) is 0 Å². The van der Waals surface area contributed by atoms with E-state index < -0.39 is 27.5 Å². The molecule has 1 N–H and O–H groups in total. The molecule has 3 aromatic rings. The number of rotatable bonds is 9. The molecule has 0 radical (unpaired) electrons. The highest BCUT2D eigenvalue weighted by atomic mass is 32.2. The van der Waals surface area contributed by atoms with Crippen molar-refractivity contribution < 1.29 is 23.1 Å². The second kappa shape index (κ2) is 10.9. The lowest BCUT2D eigenvalue weighted by atomic mass is 9.81. The predicted molar refractivity (Wildman–Crippen MR) is 141 cm³/mol. The van der Waals surface area contributed by atoms with Gasteiger partial charge in [-0.25, -0.2) is 8.42 Å². The number of carbonyl (C=O) groups is 1. The third kappa shape index (κ3) is 5.64. The first-order valence-corrected chi connectivity index (χ1v) is 14.1. The summed E-state index contributed by atoms with van der Waals surface area (Å²) < 4.78 is 36.6. The maximum Gasteiger partial charge on any atom is 0.312 e. The fraction of sp³-hybridized carbons (Fsp3) is 0.481. The number of carboxylic acid groups (broad SMARTS) is 1. The first-order chi connectivity index (χ1) is 17.9. The lowest BCUT2D eigenvalue weighted by molar-refractivity contribution is -0.158. The molecule has 0 saturated heterocycles. The van der Waals surface area contributed by atoms with E-state index >= 15 is 0 Å². The number of nitrogens with zero attached hydrogens (tertiary/aromatic N) is 5. The van der Waals surface area contributed by atoms with Crippen molar-refractivity contribution in [2.75, 3.05) is 6.54 Å². The Kier molecular flexibility index (Phi) is 8.01. The van der Waals surface area contributed by atoms with Crippen LogP contribution < -0.4 is 0 Å². The van der Waals surface area contributed by atoms with Crippen molar-refractivity contribution in [1.82, 2.24) is 24.3 Å². The average Bonchev–Trinajstić information content (AvgIpc) is 3.30. The minimum Gasteiger partial charge on any atom is -0.481 e. The number of fused-ring (bicyclic) bond motifs is 1.